The number of hydrogen-bond acceptors (Lipinski definition) is 2. The van der Waals surface area contributed by atoms with Gasteiger partial charge >= 0.3 is 0 Å². The molecule has 0 saturated heterocycles. The van der Waals surface area contributed by atoms with Crippen LogP contribution < -0.4 is 5.73 Å². The lowest BCUT2D eigenvalue weighted by Gasteiger charge is -2.43. The summed E-state index contributed by atoms with van der Waals surface area (Å²) in [6.45, 7) is 4.66. The SMILES string of the molecule is CC1(C)CCCC(N)(c2cccc3ccncc23)C1. The first kappa shape index (κ1) is 12.6. The number of benzene rings is 1. The van der Waals surface area contributed by atoms with Crippen LogP contribution in [-0.4, -0.2) is 4.98 Å². The molecular weight excluding hydrogens is 232 g/mol. The minimum Gasteiger partial charge on any atom is -0.321 e. The summed E-state index contributed by atoms with van der Waals surface area (Å²) in [7, 11) is 0. The van der Waals surface area contributed by atoms with Crippen LogP contribution in [0.2, 0.25) is 0 Å². The van der Waals surface area contributed by atoms with E-state index in [1.807, 2.05) is 12.4 Å². The standard InChI is InChI=1S/C17H22N2/c1-16(2)8-4-9-17(18,12-16)15-6-3-5-13-7-10-19-11-14(13)15/h3,5-7,10-11H,4,8-9,12,18H2,1-2H3. The molecule has 19 heavy (non-hydrogen) atoms. The lowest BCUT2D eigenvalue weighted by atomic mass is 9.65. The van der Waals surface area contributed by atoms with Crippen molar-refractivity contribution in [3.8, 4) is 0 Å². The number of fused-ring (bicyclic) bond motifs is 1. The summed E-state index contributed by atoms with van der Waals surface area (Å²) >= 11 is 0. The van der Waals surface area contributed by atoms with Crippen LogP contribution >= 0.6 is 0 Å². The van der Waals surface area contributed by atoms with E-state index in [1.54, 1.807) is 0 Å². The second kappa shape index (κ2) is 4.31. The molecule has 1 aromatic heterocycles. The molecule has 2 aromatic rings. The molecule has 3 rings (SSSR count). The number of hydrogen-bond donors (Lipinski definition) is 1. The fraction of sp³-hybridized carbons (Fsp3) is 0.471. The second-order valence-corrected chi connectivity index (χ2v) is 6.75. The Morgan fingerprint density at radius 1 is 1.16 bits per heavy atom. The normalized spacial score (nSPS) is 26.5. The molecular formula is C17H22N2. The van der Waals surface area contributed by atoms with Crippen molar-refractivity contribution >= 4 is 10.8 Å². The van der Waals surface area contributed by atoms with Gasteiger partial charge in [0.25, 0.3) is 0 Å². The molecule has 1 aromatic carbocycles. The Labute approximate surface area is 115 Å². The summed E-state index contributed by atoms with van der Waals surface area (Å²) in [4.78, 5) is 4.28. The van der Waals surface area contributed by atoms with Crippen LogP contribution in [0.15, 0.2) is 36.7 Å². The van der Waals surface area contributed by atoms with Crippen LogP contribution in [-0.2, 0) is 5.54 Å². The summed E-state index contributed by atoms with van der Waals surface area (Å²) < 4.78 is 0. The van der Waals surface area contributed by atoms with Crippen LogP contribution in [0.5, 0.6) is 0 Å². The number of nitrogens with two attached hydrogens (primary N) is 1. The highest BCUT2D eigenvalue weighted by Crippen LogP contribution is 2.46. The molecule has 1 fully saturated rings. The molecule has 2 heteroatoms. The number of nitrogens with zero attached hydrogens (tertiary/aromatic N) is 1. The average Bonchev–Trinajstić information content (AvgIpc) is 2.36. The fourth-order valence-corrected chi connectivity index (χ4v) is 3.69. The highest BCUT2D eigenvalue weighted by Gasteiger charge is 2.38. The predicted octanol–water partition coefficient (Wildman–Crippen LogP) is 3.99. The minimum atomic E-state index is -0.204. The van der Waals surface area contributed by atoms with Crippen molar-refractivity contribution in [1.82, 2.24) is 4.98 Å². The summed E-state index contributed by atoms with van der Waals surface area (Å²) in [5, 5.41) is 2.45. The maximum atomic E-state index is 6.79. The molecule has 1 aliphatic rings. The van der Waals surface area contributed by atoms with E-state index in [0.29, 0.717) is 5.41 Å². The van der Waals surface area contributed by atoms with E-state index < -0.39 is 0 Å². The smallest absolute Gasteiger partial charge is 0.0421 e. The lowest BCUT2D eigenvalue weighted by molar-refractivity contribution is 0.152. The Balaban J connectivity index is 2.13. The van der Waals surface area contributed by atoms with Gasteiger partial charge < -0.3 is 5.73 Å². The van der Waals surface area contributed by atoms with Gasteiger partial charge in [-0.3, -0.25) is 4.98 Å². The topological polar surface area (TPSA) is 38.9 Å². The molecule has 2 nitrogen and oxygen atoms in total. The molecule has 1 unspecified atom stereocenters. The molecule has 0 bridgehead atoms. The van der Waals surface area contributed by atoms with E-state index in [0.717, 1.165) is 12.8 Å². The molecule has 0 aliphatic heterocycles. The molecule has 0 amide bonds. The van der Waals surface area contributed by atoms with Gasteiger partial charge in [0.1, 0.15) is 0 Å². The third kappa shape index (κ3) is 2.25. The lowest BCUT2D eigenvalue weighted by Crippen LogP contribution is -2.44. The van der Waals surface area contributed by atoms with Gasteiger partial charge in [0.05, 0.1) is 0 Å². The molecule has 0 spiro atoms. The summed E-state index contributed by atoms with van der Waals surface area (Å²) in [6.07, 6.45) is 8.41. The Morgan fingerprint density at radius 2 is 2.00 bits per heavy atom. The zero-order valence-electron chi connectivity index (χ0n) is 11.8. The third-order valence-electron chi connectivity index (χ3n) is 4.49. The van der Waals surface area contributed by atoms with Gasteiger partial charge in [0, 0.05) is 23.3 Å². The van der Waals surface area contributed by atoms with Crippen molar-refractivity contribution < 1.29 is 0 Å². The highest BCUT2D eigenvalue weighted by atomic mass is 14.8. The Morgan fingerprint density at radius 3 is 2.79 bits per heavy atom. The molecule has 0 radical (unpaired) electrons. The maximum absolute atomic E-state index is 6.79. The van der Waals surface area contributed by atoms with Crippen LogP contribution in [0.3, 0.4) is 0 Å². The highest BCUT2D eigenvalue weighted by molar-refractivity contribution is 5.85. The van der Waals surface area contributed by atoms with E-state index in [4.69, 9.17) is 5.73 Å². The average molecular weight is 254 g/mol. The third-order valence-corrected chi connectivity index (χ3v) is 4.49. The van der Waals surface area contributed by atoms with Gasteiger partial charge in [-0.05, 0) is 41.7 Å². The van der Waals surface area contributed by atoms with E-state index in [9.17, 15) is 0 Å². The second-order valence-electron chi connectivity index (χ2n) is 6.75. The van der Waals surface area contributed by atoms with Crippen LogP contribution in [0.25, 0.3) is 10.8 Å². The summed E-state index contributed by atoms with van der Waals surface area (Å²) in [5.41, 5.74) is 8.19. The van der Waals surface area contributed by atoms with Crippen molar-refractivity contribution in [1.29, 1.82) is 0 Å². The van der Waals surface area contributed by atoms with Gasteiger partial charge in [-0.1, -0.05) is 38.5 Å². The largest absolute Gasteiger partial charge is 0.321 e. The monoisotopic (exact) mass is 254 g/mol. The van der Waals surface area contributed by atoms with Gasteiger partial charge in [-0.25, -0.2) is 0 Å². The van der Waals surface area contributed by atoms with Crippen molar-refractivity contribution in [2.75, 3.05) is 0 Å². The van der Waals surface area contributed by atoms with Crippen molar-refractivity contribution in [3.63, 3.8) is 0 Å². The van der Waals surface area contributed by atoms with Gasteiger partial charge in [0.2, 0.25) is 0 Å². The maximum Gasteiger partial charge on any atom is 0.0421 e. The number of rotatable bonds is 1. The Bertz CT molecular complexity index is 598. The van der Waals surface area contributed by atoms with Gasteiger partial charge in [0.15, 0.2) is 0 Å². The minimum absolute atomic E-state index is 0.204. The van der Waals surface area contributed by atoms with E-state index in [-0.39, 0.29) is 5.54 Å². The van der Waals surface area contributed by atoms with Gasteiger partial charge in [-0.15, -0.1) is 0 Å². The fourth-order valence-electron chi connectivity index (χ4n) is 3.69. The zero-order chi connectivity index (χ0) is 13.5. The van der Waals surface area contributed by atoms with Crippen molar-refractivity contribution in [3.05, 3.63) is 42.2 Å². The van der Waals surface area contributed by atoms with Crippen LogP contribution in [0, 0.1) is 5.41 Å². The summed E-state index contributed by atoms with van der Waals surface area (Å²) in [5.74, 6) is 0. The molecule has 1 atom stereocenters. The van der Waals surface area contributed by atoms with Gasteiger partial charge in [-0.2, -0.15) is 0 Å². The van der Waals surface area contributed by atoms with E-state index >= 15 is 0 Å². The molecule has 2 N–H and O–H groups in total. The Hall–Kier alpha value is -1.41. The molecule has 1 aliphatic carbocycles. The predicted molar refractivity (Wildman–Crippen MR) is 79.9 cm³/mol. The molecule has 1 saturated carbocycles. The van der Waals surface area contributed by atoms with E-state index in [2.05, 4.69) is 43.1 Å². The number of pyridine rings is 1. The molecule has 1 heterocycles. The first-order valence-corrected chi connectivity index (χ1v) is 7.12. The van der Waals surface area contributed by atoms with E-state index in [1.165, 1.54) is 29.2 Å². The molecule has 100 valence electrons. The van der Waals surface area contributed by atoms with Crippen molar-refractivity contribution in [2.45, 2.75) is 45.1 Å². The van der Waals surface area contributed by atoms with Crippen molar-refractivity contribution in [2.24, 2.45) is 11.1 Å². The Kier molecular flexibility index (Phi) is 2.86. The first-order valence-electron chi connectivity index (χ1n) is 7.12. The van der Waals surface area contributed by atoms with Crippen LogP contribution in [0.4, 0.5) is 0 Å². The summed E-state index contributed by atoms with van der Waals surface area (Å²) in [6, 6.07) is 8.51. The number of aromatic nitrogens is 1. The van der Waals surface area contributed by atoms with Crippen LogP contribution in [0.1, 0.15) is 45.1 Å². The first-order chi connectivity index (χ1) is 9.00. The zero-order valence-corrected chi connectivity index (χ0v) is 11.8. The quantitative estimate of drug-likeness (QED) is 0.835.